The molecule has 24 heavy (non-hydrogen) atoms. The van der Waals surface area contributed by atoms with Crippen molar-refractivity contribution >= 4 is 8.80 Å². The van der Waals surface area contributed by atoms with Crippen molar-refractivity contribution in [3.8, 4) is 0 Å². The minimum atomic E-state index is -3.78. The fraction of sp³-hybridized carbons (Fsp3) is 1.00. The van der Waals surface area contributed by atoms with Gasteiger partial charge in [0.2, 0.25) is 0 Å². The molecule has 0 amide bonds. The van der Waals surface area contributed by atoms with Crippen molar-refractivity contribution in [1.82, 2.24) is 0 Å². The van der Waals surface area contributed by atoms with E-state index in [1.807, 2.05) is 0 Å². The zero-order valence-electron chi connectivity index (χ0n) is 15.7. The second-order valence-corrected chi connectivity index (χ2v) is 9.31. The van der Waals surface area contributed by atoms with Gasteiger partial charge in [-0.05, 0) is 12.8 Å². The second kappa shape index (κ2) is 17.9. The summed E-state index contributed by atoms with van der Waals surface area (Å²) in [7, 11) is -3.78. The lowest BCUT2D eigenvalue weighted by Crippen LogP contribution is -2.33. The molecule has 4 N–H and O–H groups in total. The number of aliphatic hydroxyl groups excluding tert-OH is 1. The van der Waals surface area contributed by atoms with Crippen LogP contribution < -0.4 is 0 Å². The summed E-state index contributed by atoms with van der Waals surface area (Å²) < 4.78 is 0. The van der Waals surface area contributed by atoms with E-state index in [1.165, 1.54) is 83.5 Å². The molecule has 0 aromatic rings. The maximum Gasteiger partial charge on any atom is 0.492 e. The van der Waals surface area contributed by atoms with Crippen LogP contribution >= 0.6 is 0 Å². The Morgan fingerprint density at radius 1 is 0.375 bits per heavy atom. The van der Waals surface area contributed by atoms with Crippen LogP contribution in [0.4, 0.5) is 0 Å². The Bertz CT molecular complexity index is 244. The quantitative estimate of drug-likeness (QED) is 0.201. The van der Waals surface area contributed by atoms with Crippen LogP contribution in [0.3, 0.4) is 0 Å². The highest BCUT2D eigenvalue weighted by Gasteiger charge is 2.25. The molecule has 146 valence electrons. The molecule has 0 aliphatic carbocycles. The Balaban J connectivity index is 3.00. The molecule has 4 nitrogen and oxygen atoms in total. The minimum Gasteiger partial charge on any atom is -0.396 e. The predicted octanol–water partition coefficient (Wildman–Crippen LogP) is 4.53. The van der Waals surface area contributed by atoms with Crippen LogP contribution in [-0.2, 0) is 0 Å². The zero-order valence-corrected chi connectivity index (χ0v) is 16.7. The molecule has 0 atom stereocenters. The van der Waals surface area contributed by atoms with Gasteiger partial charge in [0.05, 0.1) is 0 Å². The van der Waals surface area contributed by atoms with Gasteiger partial charge < -0.3 is 19.5 Å². The van der Waals surface area contributed by atoms with Crippen molar-refractivity contribution in [2.24, 2.45) is 0 Å². The molecule has 5 heteroatoms. The molecule has 0 unspecified atom stereocenters. The largest absolute Gasteiger partial charge is 0.492 e. The molecular weight excluding hydrogens is 320 g/mol. The van der Waals surface area contributed by atoms with Crippen LogP contribution in [-0.4, -0.2) is 34.9 Å². The molecule has 0 spiro atoms. The predicted molar refractivity (Wildman–Crippen MR) is 103 cm³/mol. The molecule has 0 radical (unpaired) electrons. The SMILES string of the molecule is OCCCCCCCCCCCCCCCCCCC[Si](O)(O)O. The van der Waals surface area contributed by atoms with Gasteiger partial charge in [-0.25, -0.2) is 0 Å². The monoisotopic (exact) mass is 362 g/mol. The molecule has 0 aromatic heterocycles. The van der Waals surface area contributed by atoms with E-state index in [0.29, 0.717) is 6.61 Å². The van der Waals surface area contributed by atoms with Gasteiger partial charge in [-0.15, -0.1) is 0 Å². The number of rotatable bonds is 19. The average molecular weight is 363 g/mol. The van der Waals surface area contributed by atoms with E-state index in [4.69, 9.17) is 19.5 Å². The van der Waals surface area contributed by atoms with E-state index in [-0.39, 0.29) is 6.04 Å². The van der Waals surface area contributed by atoms with Crippen LogP contribution in [0.15, 0.2) is 0 Å². The van der Waals surface area contributed by atoms with Crippen LogP contribution in [0.2, 0.25) is 6.04 Å². The van der Waals surface area contributed by atoms with Crippen molar-refractivity contribution in [1.29, 1.82) is 0 Å². The summed E-state index contributed by atoms with van der Waals surface area (Å²) in [5, 5.41) is 8.69. The van der Waals surface area contributed by atoms with Gasteiger partial charge in [-0.3, -0.25) is 0 Å². The zero-order chi connectivity index (χ0) is 17.9. The Kier molecular flexibility index (Phi) is 17.9. The van der Waals surface area contributed by atoms with Gasteiger partial charge >= 0.3 is 8.80 Å². The fourth-order valence-electron chi connectivity index (χ4n) is 3.13. The molecule has 0 heterocycles. The van der Waals surface area contributed by atoms with Gasteiger partial charge in [0.25, 0.3) is 0 Å². The Morgan fingerprint density at radius 3 is 0.875 bits per heavy atom. The molecule has 0 saturated carbocycles. The van der Waals surface area contributed by atoms with Gasteiger partial charge in [0, 0.05) is 12.7 Å². The second-order valence-electron chi connectivity index (χ2n) is 7.26. The third-order valence-electron chi connectivity index (χ3n) is 4.67. The van der Waals surface area contributed by atoms with Gasteiger partial charge in [0.15, 0.2) is 0 Å². The maximum absolute atomic E-state index is 8.89. The first-order chi connectivity index (χ1) is 11.6. The normalized spacial score (nSPS) is 12.0. The molecule has 0 aliphatic heterocycles. The first-order valence-electron chi connectivity index (χ1n) is 10.3. The molecule has 0 aliphatic rings. The summed E-state index contributed by atoms with van der Waals surface area (Å²) in [5.74, 6) is 0. The smallest absolute Gasteiger partial charge is 0.396 e. The molecular formula is C19H42O4Si. The van der Waals surface area contributed by atoms with E-state index in [2.05, 4.69) is 0 Å². The van der Waals surface area contributed by atoms with Gasteiger partial charge in [-0.1, -0.05) is 96.3 Å². The standard InChI is InChI=1S/C19H42O4Si/c20-18-16-14-12-10-8-6-4-2-1-3-5-7-9-11-13-15-17-19-24(21,22)23/h20-23H,1-19H2. The summed E-state index contributed by atoms with van der Waals surface area (Å²) in [4.78, 5) is 26.7. The fourth-order valence-corrected chi connectivity index (χ4v) is 3.85. The molecule has 0 bridgehead atoms. The van der Waals surface area contributed by atoms with Gasteiger partial charge in [-0.2, -0.15) is 0 Å². The van der Waals surface area contributed by atoms with Gasteiger partial charge in [0.1, 0.15) is 0 Å². The van der Waals surface area contributed by atoms with Crippen LogP contribution in [0.5, 0.6) is 0 Å². The van der Waals surface area contributed by atoms with E-state index in [9.17, 15) is 0 Å². The lowest BCUT2D eigenvalue weighted by Gasteiger charge is -2.08. The highest BCUT2D eigenvalue weighted by molar-refractivity contribution is 6.56. The molecule has 0 rings (SSSR count). The molecule has 0 saturated heterocycles. The highest BCUT2D eigenvalue weighted by atomic mass is 28.4. The lowest BCUT2D eigenvalue weighted by atomic mass is 10.0. The Labute approximate surface area is 150 Å². The van der Waals surface area contributed by atoms with E-state index in [0.717, 1.165) is 25.7 Å². The first-order valence-corrected chi connectivity index (χ1v) is 12.4. The number of hydrogen-bond donors (Lipinski definition) is 4. The molecule has 0 aromatic carbocycles. The maximum atomic E-state index is 8.89. The summed E-state index contributed by atoms with van der Waals surface area (Å²) in [6.45, 7) is 0.346. The van der Waals surface area contributed by atoms with E-state index in [1.54, 1.807) is 0 Å². The van der Waals surface area contributed by atoms with Crippen molar-refractivity contribution in [3.63, 3.8) is 0 Å². The number of aliphatic hydroxyl groups is 1. The molecule has 0 fully saturated rings. The van der Waals surface area contributed by atoms with Crippen LogP contribution in [0.25, 0.3) is 0 Å². The van der Waals surface area contributed by atoms with E-state index < -0.39 is 8.80 Å². The summed E-state index contributed by atoms with van der Waals surface area (Å²) >= 11 is 0. The van der Waals surface area contributed by atoms with Crippen molar-refractivity contribution in [2.75, 3.05) is 6.61 Å². The van der Waals surface area contributed by atoms with Crippen molar-refractivity contribution in [2.45, 2.75) is 115 Å². The first kappa shape index (κ1) is 24.1. The van der Waals surface area contributed by atoms with Crippen molar-refractivity contribution in [3.05, 3.63) is 0 Å². The third kappa shape index (κ3) is 22.1. The minimum absolute atomic E-state index is 0.190. The van der Waals surface area contributed by atoms with Crippen molar-refractivity contribution < 1.29 is 19.5 Å². The highest BCUT2D eigenvalue weighted by Crippen LogP contribution is 2.15. The summed E-state index contributed by atoms with van der Waals surface area (Å²) in [5.41, 5.74) is 0. The van der Waals surface area contributed by atoms with E-state index >= 15 is 0 Å². The Hall–Kier alpha value is 0.0569. The summed E-state index contributed by atoms with van der Waals surface area (Å²) in [6.07, 6.45) is 21.1. The average Bonchev–Trinajstić information content (AvgIpc) is 2.52. The number of hydrogen-bond acceptors (Lipinski definition) is 4. The topological polar surface area (TPSA) is 80.9 Å². The number of unbranched alkanes of at least 4 members (excludes halogenated alkanes) is 16. The summed E-state index contributed by atoms with van der Waals surface area (Å²) in [6, 6.07) is 0.190. The lowest BCUT2D eigenvalue weighted by molar-refractivity contribution is 0.226. The third-order valence-corrected chi connectivity index (χ3v) is 5.69. The van der Waals surface area contributed by atoms with Crippen LogP contribution in [0.1, 0.15) is 109 Å². The Morgan fingerprint density at radius 2 is 0.625 bits per heavy atom. The van der Waals surface area contributed by atoms with Crippen LogP contribution in [0, 0.1) is 0 Å².